The van der Waals surface area contributed by atoms with E-state index in [9.17, 15) is 0 Å². The van der Waals surface area contributed by atoms with Gasteiger partial charge < -0.3 is 0 Å². The summed E-state index contributed by atoms with van der Waals surface area (Å²) < 4.78 is 0. The molecule has 0 aliphatic carbocycles. The molecule has 0 N–H and O–H groups in total. The van der Waals surface area contributed by atoms with E-state index < -0.39 is 0 Å². The molecule has 2 heteroatoms. The van der Waals surface area contributed by atoms with E-state index in [-0.39, 0.29) is 0 Å². The van der Waals surface area contributed by atoms with Crippen LogP contribution in [0.1, 0.15) is 11.1 Å². The molecule has 0 saturated carbocycles. The minimum atomic E-state index is 0.605. The molecule has 0 fully saturated rings. The monoisotopic (exact) mass is 226 g/mol. The zero-order valence-electron chi connectivity index (χ0n) is 8.59. The number of halogens is 1. The molecule has 0 nitrogen and oxygen atoms in total. The van der Waals surface area contributed by atoms with Crippen molar-refractivity contribution in [1.29, 1.82) is 0 Å². The maximum absolute atomic E-state index is 5.53. The standard InChI is InChI=1S/C12H15ClS/c1-10-5-6-12(9-11(10)2)14-8-4-3-7-13/h3-6,9H,7-8H2,1-2H3. The fourth-order valence-corrected chi connectivity index (χ4v) is 2.05. The smallest absolute Gasteiger partial charge is 0.0404 e. The van der Waals surface area contributed by atoms with E-state index in [4.69, 9.17) is 11.6 Å². The van der Waals surface area contributed by atoms with E-state index in [2.05, 4.69) is 38.1 Å². The van der Waals surface area contributed by atoms with Gasteiger partial charge in [0.1, 0.15) is 0 Å². The fraction of sp³-hybridized carbons (Fsp3) is 0.333. The first-order chi connectivity index (χ1) is 6.74. The van der Waals surface area contributed by atoms with E-state index in [0.29, 0.717) is 5.88 Å². The van der Waals surface area contributed by atoms with Crippen LogP contribution in [0.15, 0.2) is 35.2 Å². The van der Waals surface area contributed by atoms with Gasteiger partial charge in [0.2, 0.25) is 0 Å². The van der Waals surface area contributed by atoms with Crippen molar-refractivity contribution in [3.8, 4) is 0 Å². The summed E-state index contributed by atoms with van der Waals surface area (Å²) in [6, 6.07) is 6.57. The highest BCUT2D eigenvalue weighted by Gasteiger charge is 1.95. The van der Waals surface area contributed by atoms with Crippen LogP contribution in [0.3, 0.4) is 0 Å². The summed E-state index contributed by atoms with van der Waals surface area (Å²) in [7, 11) is 0. The van der Waals surface area contributed by atoms with Crippen LogP contribution in [-0.2, 0) is 0 Å². The molecule has 1 rings (SSSR count). The number of thioether (sulfide) groups is 1. The Kier molecular flexibility index (Phi) is 5.13. The van der Waals surface area contributed by atoms with Gasteiger partial charge >= 0.3 is 0 Å². The molecule has 0 aromatic heterocycles. The molecule has 0 heterocycles. The van der Waals surface area contributed by atoms with Crippen molar-refractivity contribution in [1.82, 2.24) is 0 Å². The molecule has 0 unspecified atom stereocenters. The second-order valence-corrected chi connectivity index (χ2v) is 4.58. The fourth-order valence-electron chi connectivity index (χ4n) is 1.08. The normalized spacial score (nSPS) is 11.1. The molecule has 1 aromatic carbocycles. The van der Waals surface area contributed by atoms with Gasteiger partial charge in [0, 0.05) is 16.5 Å². The molecule has 0 aliphatic rings. The lowest BCUT2D eigenvalue weighted by Gasteiger charge is -2.02. The van der Waals surface area contributed by atoms with Crippen LogP contribution in [-0.4, -0.2) is 11.6 Å². The van der Waals surface area contributed by atoms with Crippen molar-refractivity contribution in [2.45, 2.75) is 18.7 Å². The molecule has 0 saturated heterocycles. The first-order valence-corrected chi connectivity index (χ1v) is 6.17. The third kappa shape index (κ3) is 3.77. The van der Waals surface area contributed by atoms with Crippen LogP contribution in [0.4, 0.5) is 0 Å². The van der Waals surface area contributed by atoms with E-state index in [0.717, 1.165) is 5.75 Å². The average molecular weight is 227 g/mol. The van der Waals surface area contributed by atoms with E-state index >= 15 is 0 Å². The topological polar surface area (TPSA) is 0 Å². The van der Waals surface area contributed by atoms with Crippen molar-refractivity contribution in [2.75, 3.05) is 11.6 Å². The highest BCUT2D eigenvalue weighted by molar-refractivity contribution is 7.99. The SMILES string of the molecule is Cc1ccc(SCC=CCCl)cc1C. The van der Waals surface area contributed by atoms with Crippen molar-refractivity contribution in [3.63, 3.8) is 0 Å². The lowest BCUT2D eigenvalue weighted by molar-refractivity contribution is 1.28. The third-order valence-electron chi connectivity index (χ3n) is 2.08. The Morgan fingerprint density at radius 3 is 2.64 bits per heavy atom. The van der Waals surface area contributed by atoms with Crippen LogP contribution in [0.25, 0.3) is 0 Å². The number of hydrogen-bond acceptors (Lipinski definition) is 1. The average Bonchev–Trinajstić information content (AvgIpc) is 2.18. The van der Waals surface area contributed by atoms with Gasteiger partial charge in [-0.1, -0.05) is 18.2 Å². The Bertz CT molecular complexity index is 318. The van der Waals surface area contributed by atoms with Crippen molar-refractivity contribution < 1.29 is 0 Å². The summed E-state index contributed by atoms with van der Waals surface area (Å²) in [4.78, 5) is 1.33. The molecule has 0 spiro atoms. The molecule has 76 valence electrons. The first kappa shape index (κ1) is 11.7. The number of alkyl halides is 1. The van der Waals surface area contributed by atoms with Crippen LogP contribution in [0.5, 0.6) is 0 Å². The molecular weight excluding hydrogens is 212 g/mol. The van der Waals surface area contributed by atoms with Gasteiger partial charge in [-0.2, -0.15) is 0 Å². The van der Waals surface area contributed by atoms with Crippen molar-refractivity contribution in [2.24, 2.45) is 0 Å². The predicted molar refractivity (Wildman–Crippen MR) is 66.5 cm³/mol. The van der Waals surface area contributed by atoms with Gasteiger partial charge in [0.25, 0.3) is 0 Å². The second-order valence-electron chi connectivity index (χ2n) is 3.18. The Morgan fingerprint density at radius 2 is 2.00 bits per heavy atom. The van der Waals surface area contributed by atoms with Gasteiger partial charge in [0.05, 0.1) is 0 Å². The largest absolute Gasteiger partial charge is 0.122 e. The summed E-state index contributed by atoms with van der Waals surface area (Å²) in [5.74, 6) is 1.60. The Hall–Kier alpha value is -0.400. The minimum Gasteiger partial charge on any atom is -0.122 e. The van der Waals surface area contributed by atoms with Gasteiger partial charge in [-0.25, -0.2) is 0 Å². The first-order valence-electron chi connectivity index (χ1n) is 4.65. The van der Waals surface area contributed by atoms with Gasteiger partial charge in [-0.15, -0.1) is 23.4 Å². The lowest BCUT2D eigenvalue weighted by Crippen LogP contribution is -1.81. The van der Waals surface area contributed by atoms with Crippen molar-refractivity contribution in [3.05, 3.63) is 41.5 Å². The summed E-state index contributed by atoms with van der Waals surface area (Å²) in [5.41, 5.74) is 2.71. The maximum Gasteiger partial charge on any atom is 0.0404 e. The molecule has 14 heavy (non-hydrogen) atoms. The highest BCUT2D eigenvalue weighted by Crippen LogP contribution is 2.20. The quantitative estimate of drug-likeness (QED) is 0.422. The van der Waals surface area contributed by atoms with Gasteiger partial charge in [-0.05, 0) is 37.1 Å². The summed E-state index contributed by atoms with van der Waals surface area (Å²) in [6.45, 7) is 4.28. The van der Waals surface area contributed by atoms with Crippen molar-refractivity contribution >= 4 is 23.4 Å². The van der Waals surface area contributed by atoms with Crippen LogP contribution in [0, 0.1) is 13.8 Å². The molecule has 0 bridgehead atoms. The molecule has 0 radical (unpaired) electrons. The van der Waals surface area contributed by atoms with Crippen LogP contribution >= 0.6 is 23.4 Å². The Morgan fingerprint density at radius 1 is 1.21 bits per heavy atom. The maximum atomic E-state index is 5.53. The van der Waals surface area contributed by atoms with E-state index in [1.807, 2.05) is 17.8 Å². The van der Waals surface area contributed by atoms with Gasteiger partial charge in [-0.3, -0.25) is 0 Å². The molecular formula is C12H15ClS. The van der Waals surface area contributed by atoms with Gasteiger partial charge in [0.15, 0.2) is 0 Å². The predicted octanol–water partition coefficient (Wildman–Crippen LogP) is 4.19. The highest BCUT2D eigenvalue weighted by atomic mass is 35.5. The number of allylic oxidation sites excluding steroid dienone is 1. The van der Waals surface area contributed by atoms with Crippen LogP contribution < -0.4 is 0 Å². The summed E-state index contributed by atoms with van der Waals surface area (Å²) in [6.07, 6.45) is 4.09. The van der Waals surface area contributed by atoms with Crippen LogP contribution in [0.2, 0.25) is 0 Å². The Labute approximate surface area is 95.4 Å². The lowest BCUT2D eigenvalue weighted by atomic mass is 10.1. The molecule has 0 aliphatic heterocycles. The third-order valence-corrected chi connectivity index (χ3v) is 3.20. The number of hydrogen-bond donors (Lipinski definition) is 0. The van der Waals surface area contributed by atoms with E-state index in [1.165, 1.54) is 16.0 Å². The molecule has 0 amide bonds. The zero-order chi connectivity index (χ0) is 10.4. The summed E-state index contributed by atoms with van der Waals surface area (Å²) >= 11 is 7.37. The number of aryl methyl sites for hydroxylation is 2. The van der Waals surface area contributed by atoms with E-state index in [1.54, 1.807) is 0 Å². The summed E-state index contributed by atoms with van der Waals surface area (Å²) in [5, 5.41) is 0. The minimum absolute atomic E-state index is 0.605. The molecule has 0 atom stereocenters. The number of benzene rings is 1. The molecule has 1 aromatic rings. The number of rotatable bonds is 4. The Balaban J connectivity index is 2.51. The second kappa shape index (κ2) is 6.15. The zero-order valence-corrected chi connectivity index (χ0v) is 10.2.